The van der Waals surface area contributed by atoms with Crippen LogP contribution < -0.4 is 5.32 Å². The first-order valence-corrected chi connectivity index (χ1v) is 7.34. The van der Waals surface area contributed by atoms with Crippen LogP contribution >= 0.6 is 0 Å². The minimum Gasteiger partial charge on any atom is -0.344 e. The highest BCUT2D eigenvalue weighted by atomic mass is 19.1. The predicted octanol–water partition coefficient (Wildman–Crippen LogP) is 2.23. The van der Waals surface area contributed by atoms with E-state index >= 15 is 0 Å². The fourth-order valence-electron chi connectivity index (χ4n) is 2.83. The highest BCUT2D eigenvalue weighted by Gasteiger charge is 2.32. The van der Waals surface area contributed by atoms with Gasteiger partial charge in [-0.05, 0) is 39.2 Å². The molecule has 2 rings (SSSR count). The molecule has 1 aliphatic heterocycles. The molecule has 1 aromatic carbocycles. The molecule has 1 fully saturated rings. The number of benzene rings is 1. The fourth-order valence-corrected chi connectivity index (χ4v) is 2.83. The maximum atomic E-state index is 13.5. The summed E-state index contributed by atoms with van der Waals surface area (Å²) in [6, 6.07) is 6.34. The summed E-state index contributed by atoms with van der Waals surface area (Å²) in [5.74, 6) is -1.57. The molecule has 5 heteroatoms. The lowest BCUT2D eigenvalue weighted by molar-refractivity contribution is -0.150. The number of likely N-dealkylation sites (tertiary alicyclic amines) is 1. The molecule has 1 aromatic rings. The molecule has 0 saturated carbocycles. The minimum absolute atomic E-state index is 0.0217. The summed E-state index contributed by atoms with van der Waals surface area (Å²) in [7, 11) is 0. The maximum absolute atomic E-state index is 13.5. The van der Waals surface area contributed by atoms with Crippen molar-refractivity contribution in [3.8, 4) is 0 Å². The summed E-state index contributed by atoms with van der Waals surface area (Å²) in [4.78, 5) is 25.9. The summed E-state index contributed by atoms with van der Waals surface area (Å²) < 4.78 is 13.5. The van der Waals surface area contributed by atoms with Crippen molar-refractivity contribution in [2.45, 2.75) is 51.7 Å². The van der Waals surface area contributed by atoms with Crippen molar-refractivity contribution in [3.63, 3.8) is 0 Å². The van der Waals surface area contributed by atoms with Crippen LogP contribution in [0.1, 0.15) is 38.7 Å². The van der Waals surface area contributed by atoms with E-state index in [1.54, 1.807) is 23.1 Å². The SMILES string of the molecule is CC1CCCC(C)N1C(=O)C(=O)NCc1ccccc1F. The van der Waals surface area contributed by atoms with E-state index in [2.05, 4.69) is 5.32 Å². The fraction of sp³-hybridized carbons (Fsp3) is 0.500. The molecule has 1 heterocycles. The zero-order valence-electron chi connectivity index (χ0n) is 12.4. The van der Waals surface area contributed by atoms with Crippen molar-refractivity contribution in [2.24, 2.45) is 0 Å². The number of halogens is 1. The van der Waals surface area contributed by atoms with Crippen molar-refractivity contribution in [2.75, 3.05) is 0 Å². The number of nitrogens with one attached hydrogen (secondary N) is 1. The van der Waals surface area contributed by atoms with Crippen molar-refractivity contribution >= 4 is 11.8 Å². The molecular formula is C16H21FN2O2. The number of hydrogen-bond donors (Lipinski definition) is 1. The highest BCUT2D eigenvalue weighted by molar-refractivity contribution is 6.35. The molecule has 1 aliphatic rings. The van der Waals surface area contributed by atoms with E-state index in [-0.39, 0.29) is 24.4 Å². The molecule has 1 N–H and O–H groups in total. The monoisotopic (exact) mass is 292 g/mol. The van der Waals surface area contributed by atoms with E-state index in [4.69, 9.17) is 0 Å². The Balaban J connectivity index is 1.96. The van der Waals surface area contributed by atoms with Gasteiger partial charge in [0.25, 0.3) is 0 Å². The number of amides is 2. The van der Waals surface area contributed by atoms with E-state index in [9.17, 15) is 14.0 Å². The van der Waals surface area contributed by atoms with Crippen molar-refractivity contribution < 1.29 is 14.0 Å². The Bertz CT molecular complexity index is 523. The summed E-state index contributed by atoms with van der Waals surface area (Å²) in [5, 5.41) is 2.51. The van der Waals surface area contributed by atoms with E-state index in [1.165, 1.54) is 6.07 Å². The van der Waals surface area contributed by atoms with Crippen molar-refractivity contribution in [1.29, 1.82) is 0 Å². The van der Waals surface area contributed by atoms with Gasteiger partial charge in [0.1, 0.15) is 5.82 Å². The first-order valence-electron chi connectivity index (χ1n) is 7.34. The van der Waals surface area contributed by atoms with Crippen LogP contribution in [0.25, 0.3) is 0 Å². The standard InChI is InChI=1S/C16H21FN2O2/c1-11-6-5-7-12(2)19(11)16(21)15(20)18-10-13-8-3-4-9-14(13)17/h3-4,8-9,11-12H,5-7,10H2,1-2H3,(H,18,20). The lowest BCUT2D eigenvalue weighted by atomic mass is 9.97. The molecule has 0 bridgehead atoms. The third kappa shape index (κ3) is 3.60. The first kappa shape index (κ1) is 15.5. The van der Waals surface area contributed by atoms with Gasteiger partial charge in [0.2, 0.25) is 0 Å². The molecule has 1 saturated heterocycles. The van der Waals surface area contributed by atoms with Gasteiger partial charge in [0.15, 0.2) is 0 Å². The number of rotatable bonds is 2. The van der Waals surface area contributed by atoms with Gasteiger partial charge in [-0.3, -0.25) is 9.59 Å². The summed E-state index contributed by atoms with van der Waals surface area (Å²) in [6.45, 7) is 3.93. The van der Waals surface area contributed by atoms with Crippen LogP contribution in [-0.4, -0.2) is 28.8 Å². The van der Waals surface area contributed by atoms with Crippen LogP contribution in [0, 0.1) is 5.82 Å². The number of hydrogen-bond acceptors (Lipinski definition) is 2. The Morgan fingerprint density at radius 3 is 2.48 bits per heavy atom. The Hall–Kier alpha value is -1.91. The molecule has 0 aromatic heterocycles. The van der Waals surface area contributed by atoms with E-state index in [0.717, 1.165) is 19.3 Å². The first-order chi connectivity index (χ1) is 10.0. The topological polar surface area (TPSA) is 49.4 Å². The van der Waals surface area contributed by atoms with Gasteiger partial charge in [0.05, 0.1) is 0 Å². The summed E-state index contributed by atoms with van der Waals surface area (Å²) in [5.41, 5.74) is 0.374. The third-order valence-electron chi connectivity index (χ3n) is 4.02. The lowest BCUT2D eigenvalue weighted by Crippen LogP contribution is -2.52. The van der Waals surface area contributed by atoms with Gasteiger partial charge in [-0.2, -0.15) is 0 Å². The molecule has 114 valence electrons. The number of carbonyl (C=O) groups is 2. The average Bonchev–Trinajstić information content (AvgIpc) is 2.45. The van der Waals surface area contributed by atoms with Crippen LogP contribution in [0.4, 0.5) is 4.39 Å². The predicted molar refractivity (Wildman–Crippen MR) is 77.9 cm³/mol. The second-order valence-corrected chi connectivity index (χ2v) is 5.62. The van der Waals surface area contributed by atoms with Crippen LogP contribution in [0.2, 0.25) is 0 Å². The van der Waals surface area contributed by atoms with Gasteiger partial charge >= 0.3 is 11.8 Å². The van der Waals surface area contributed by atoms with Gasteiger partial charge in [-0.1, -0.05) is 18.2 Å². The molecule has 0 aliphatic carbocycles. The Kier molecular flexibility index (Phi) is 4.94. The van der Waals surface area contributed by atoms with Gasteiger partial charge < -0.3 is 10.2 Å². The lowest BCUT2D eigenvalue weighted by Gasteiger charge is -2.38. The zero-order valence-corrected chi connectivity index (χ0v) is 12.4. The van der Waals surface area contributed by atoms with Gasteiger partial charge in [0, 0.05) is 24.2 Å². The molecule has 21 heavy (non-hydrogen) atoms. The quantitative estimate of drug-likeness (QED) is 0.850. The van der Waals surface area contributed by atoms with Crippen LogP contribution in [0.3, 0.4) is 0 Å². The molecule has 2 unspecified atom stereocenters. The maximum Gasteiger partial charge on any atom is 0.312 e. The molecule has 4 nitrogen and oxygen atoms in total. The minimum atomic E-state index is -0.668. The number of nitrogens with zero attached hydrogens (tertiary/aromatic N) is 1. The van der Waals surface area contributed by atoms with Gasteiger partial charge in [-0.25, -0.2) is 4.39 Å². The molecule has 2 amide bonds. The van der Waals surface area contributed by atoms with E-state index in [1.807, 2.05) is 13.8 Å². The smallest absolute Gasteiger partial charge is 0.312 e. The molecule has 2 atom stereocenters. The number of carbonyl (C=O) groups excluding carboxylic acids is 2. The Morgan fingerprint density at radius 1 is 1.24 bits per heavy atom. The second kappa shape index (κ2) is 6.70. The van der Waals surface area contributed by atoms with Gasteiger partial charge in [-0.15, -0.1) is 0 Å². The molecular weight excluding hydrogens is 271 g/mol. The zero-order chi connectivity index (χ0) is 15.4. The normalized spacial score (nSPS) is 22.0. The van der Waals surface area contributed by atoms with E-state index < -0.39 is 11.8 Å². The van der Waals surface area contributed by atoms with Crippen molar-refractivity contribution in [1.82, 2.24) is 10.2 Å². The largest absolute Gasteiger partial charge is 0.344 e. The Morgan fingerprint density at radius 2 is 1.86 bits per heavy atom. The Labute approximate surface area is 124 Å². The second-order valence-electron chi connectivity index (χ2n) is 5.62. The molecule has 0 radical (unpaired) electrons. The van der Waals surface area contributed by atoms with Crippen LogP contribution in [0.5, 0.6) is 0 Å². The third-order valence-corrected chi connectivity index (χ3v) is 4.02. The number of piperidine rings is 1. The van der Waals surface area contributed by atoms with Crippen molar-refractivity contribution in [3.05, 3.63) is 35.6 Å². The van der Waals surface area contributed by atoms with Crippen LogP contribution in [-0.2, 0) is 16.1 Å². The van der Waals surface area contributed by atoms with Crippen LogP contribution in [0.15, 0.2) is 24.3 Å². The molecule has 0 spiro atoms. The summed E-state index contributed by atoms with van der Waals surface area (Å²) >= 11 is 0. The summed E-state index contributed by atoms with van der Waals surface area (Å²) in [6.07, 6.45) is 2.90. The van der Waals surface area contributed by atoms with E-state index in [0.29, 0.717) is 5.56 Å². The average molecular weight is 292 g/mol. The highest BCUT2D eigenvalue weighted by Crippen LogP contribution is 2.22.